The van der Waals surface area contributed by atoms with E-state index in [1.165, 1.54) is 18.2 Å². The van der Waals surface area contributed by atoms with Gasteiger partial charge in [0.15, 0.2) is 0 Å². The third kappa shape index (κ3) is 5.00. The van der Waals surface area contributed by atoms with Crippen molar-refractivity contribution < 1.29 is 17.6 Å². The summed E-state index contributed by atoms with van der Waals surface area (Å²) in [6, 6.07) is 14.9. The zero-order valence-electron chi connectivity index (χ0n) is 16.3. The third-order valence-electron chi connectivity index (χ3n) is 4.57. The van der Waals surface area contributed by atoms with E-state index in [1.54, 1.807) is 18.4 Å². The molecule has 0 saturated heterocycles. The Hall–Kier alpha value is -3.47. The molecule has 10 heteroatoms. The number of fused-ring (bicyclic) bond motifs is 1. The second kappa shape index (κ2) is 8.72. The number of benzene rings is 2. The number of hydrogen-bond acceptors (Lipinski definition) is 6. The Kier molecular flexibility index (Phi) is 5.85. The number of rotatable bonds is 8. The highest BCUT2D eigenvalue weighted by Gasteiger charge is 2.15. The van der Waals surface area contributed by atoms with Crippen molar-refractivity contribution in [2.75, 3.05) is 0 Å². The zero-order valence-corrected chi connectivity index (χ0v) is 17.1. The van der Waals surface area contributed by atoms with Gasteiger partial charge in [-0.1, -0.05) is 24.3 Å². The first-order valence-corrected chi connectivity index (χ1v) is 10.8. The molecular formula is C21H19N3O6S. The van der Waals surface area contributed by atoms with Crippen LogP contribution in [0.15, 0.2) is 79.8 Å². The van der Waals surface area contributed by atoms with E-state index in [0.29, 0.717) is 13.2 Å². The molecule has 0 fully saturated rings. The van der Waals surface area contributed by atoms with E-state index >= 15 is 0 Å². The van der Waals surface area contributed by atoms with Crippen molar-refractivity contribution in [3.8, 4) is 0 Å². The Balaban J connectivity index is 1.44. The Bertz CT molecular complexity index is 1420. The van der Waals surface area contributed by atoms with E-state index in [-0.39, 0.29) is 22.3 Å². The second-order valence-corrected chi connectivity index (χ2v) is 8.60. The molecule has 2 aromatic heterocycles. The highest BCUT2D eigenvalue weighted by Crippen LogP contribution is 2.15. The van der Waals surface area contributed by atoms with Gasteiger partial charge < -0.3 is 14.1 Å². The summed E-state index contributed by atoms with van der Waals surface area (Å²) < 4.78 is 38.7. The van der Waals surface area contributed by atoms with Crippen LogP contribution in [0.3, 0.4) is 0 Å². The van der Waals surface area contributed by atoms with Crippen molar-refractivity contribution in [3.05, 3.63) is 98.6 Å². The number of aromatic nitrogens is 2. The summed E-state index contributed by atoms with van der Waals surface area (Å²) >= 11 is 0. The molecule has 0 aliphatic carbocycles. The number of furan rings is 1. The molecule has 0 aliphatic rings. The topological polar surface area (TPSA) is 134 Å². The maximum absolute atomic E-state index is 12.7. The monoisotopic (exact) mass is 441 g/mol. The van der Waals surface area contributed by atoms with Crippen LogP contribution in [0.1, 0.15) is 16.9 Å². The number of hydrogen-bond donors (Lipinski definition) is 3. The summed E-state index contributed by atoms with van der Waals surface area (Å²) in [5.41, 5.74) is 0.599. The molecule has 4 aromatic rings. The van der Waals surface area contributed by atoms with Crippen LogP contribution >= 0.6 is 0 Å². The lowest BCUT2D eigenvalue weighted by Gasteiger charge is -2.09. The first-order valence-electron chi connectivity index (χ1n) is 9.35. The van der Waals surface area contributed by atoms with Gasteiger partial charge in [0.2, 0.25) is 10.0 Å². The standard InChI is InChI=1S/C21H19N3O6S/c25-20-18-10-17(6-7-19(18)23-21(26)24-20)31(27,28)22-11-14-3-1-4-15(9-14)12-29-13-16-5-2-8-30-16/h1-10,22H,11-13H2,(H2,23,24,25,26). The lowest BCUT2D eigenvalue weighted by Crippen LogP contribution is -2.25. The van der Waals surface area contributed by atoms with Crippen molar-refractivity contribution in [2.45, 2.75) is 24.7 Å². The minimum absolute atomic E-state index is 0.0639. The summed E-state index contributed by atoms with van der Waals surface area (Å²) in [6.45, 7) is 0.761. The van der Waals surface area contributed by atoms with Gasteiger partial charge in [0.1, 0.15) is 12.4 Å². The Labute approximate surface area is 176 Å². The Morgan fingerprint density at radius 3 is 2.58 bits per heavy atom. The quantitative estimate of drug-likeness (QED) is 0.383. The number of aromatic amines is 2. The van der Waals surface area contributed by atoms with Crippen LogP contribution in [0.2, 0.25) is 0 Å². The normalized spacial score (nSPS) is 11.7. The van der Waals surface area contributed by atoms with Crippen LogP contribution in [0.4, 0.5) is 0 Å². The first-order chi connectivity index (χ1) is 14.9. The van der Waals surface area contributed by atoms with Crippen molar-refractivity contribution in [2.24, 2.45) is 0 Å². The summed E-state index contributed by atoms with van der Waals surface area (Å²) in [5.74, 6) is 0.724. The Morgan fingerprint density at radius 2 is 1.77 bits per heavy atom. The van der Waals surface area contributed by atoms with E-state index < -0.39 is 21.3 Å². The van der Waals surface area contributed by atoms with Gasteiger partial charge in [0.25, 0.3) is 5.56 Å². The van der Waals surface area contributed by atoms with E-state index in [0.717, 1.165) is 16.9 Å². The average Bonchev–Trinajstić information content (AvgIpc) is 3.26. The second-order valence-electron chi connectivity index (χ2n) is 6.83. The van der Waals surface area contributed by atoms with Crippen LogP contribution in [0.25, 0.3) is 10.9 Å². The molecule has 0 spiro atoms. The maximum Gasteiger partial charge on any atom is 0.326 e. The fourth-order valence-electron chi connectivity index (χ4n) is 3.07. The van der Waals surface area contributed by atoms with Crippen molar-refractivity contribution in [1.29, 1.82) is 0 Å². The van der Waals surface area contributed by atoms with Gasteiger partial charge in [0.05, 0.1) is 28.7 Å². The van der Waals surface area contributed by atoms with Crippen LogP contribution in [-0.4, -0.2) is 18.4 Å². The molecule has 0 amide bonds. The zero-order chi connectivity index (χ0) is 21.8. The molecule has 3 N–H and O–H groups in total. The van der Waals surface area contributed by atoms with Crippen molar-refractivity contribution in [1.82, 2.24) is 14.7 Å². The van der Waals surface area contributed by atoms with Gasteiger partial charge in [-0.2, -0.15) is 0 Å². The van der Waals surface area contributed by atoms with E-state index in [1.807, 2.05) is 24.3 Å². The van der Waals surface area contributed by atoms with Crippen LogP contribution in [-0.2, 0) is 34.5 Å². The average molecular weight is 441 g/mol. The van der Waals surface area contributed by atoms with E-state index in [4.69, 9.17) is 9.15 Å². The highest BCUT2D eigenvalue weighted by atomic mass is 32.2. The fraction of sp³-hybridized carbons (Fsp3) is 0.143. The molecule has 9 nitrogen and oxygen atoms in total. The van der Waals surface area contributed by atoms with Gasteiger partial charge in [-0.05, 0) is 41.5 Å². The molecule has 0 bridgehead atoms. The van der Waals surface area contributed by atoms with Gasteiger partial charge in [-0.3, -0.25) is 9.78 Å². The number of ether oxygens (including phenoxy) is 1. The molecule has 2 aromatic carbocycles. The molecular weight excluding hydrogens is 422 g/mol. The van der Waals surface area contributed by atoms with Gasteiger partial charge in [-0.15, -0.1) is 0 Å². The molecule has 31 heavy (non-hydrogen) atoms. The van der Waals surface area contributed by atoms with Gasteiger partial charge >= 0.3 is 5.69 Å². The van der Waals surface area contributed by atoms with Crippen molar-refractivity contribution >= 4 is 20.9 Å². The summed E-state index contributed by atoms with van der Waals surface area (Å²) in [5, 5.41) is 0.0816. The first kappa shape index (κ1) is 20.8. The minimum Gasteiger partial charge on any atom is -0.467 e. The summed E-state index contributed by atoms with van der Waals surface area (Å²) in [4.78, 5) is 27.8. The number of sulfonamides is 1. The maximum atomic E-state index is 12.7. The lowest BCUT2D eigenvalue weighted by molar-refractivity contribution is 0.0929. The minimum atomic E-state index is -3.87. The van der Waals surface area contributed by atoms with E-state index in [9.17, 15) is 18.0 Å². The molecule has 160 valence electrons. The summed E-state index contributed by atoms with van der Waals surface area (Å²) in [7, 11) is -3.87. The molecule has 0 radical (unpaired) electrons. The molecule has 4 rings (SSSR count). The molecule has 2 heterocycles. The fourth-order valence-corrected chi connectivity index (χ4v) is 4.11. The number of H-pyrrole nitrogens is 2. The van der Waals surface area contributed by atoms with Gasteiger partial charge in [-0.25, -0.2) is 17.9 Å². The smallest absolute Gasteiger partial charge is 0.326 e. The van der Waals surface area contributed by atoms with Crippen molar-refractivity contribution in [3.63, 3.8) is 0 Å². The SMILES string of the molecule is O=c1[nH]c(=O)c2cc(S(=O)(=O)NCc3cccc(COCc4ccco4)c3)ccc2[nH]1. The molecule has 0 saturated carbocycles. The third-order valence-corrected chi connectivity index (χ3v) is 5.97. The summed E-state index contributed by atoms with van der Waals surface area (Å²) in [6.07, 6.45) is 1.58. The van der Waals surface area contributed by atoms with Crippen LogP contribution in [0.5, 0.6) is 0 Å². The van der Waals surface area contributed by atoms with E-state index in [2.05, 4.69) is 14.7 Å². The molecule has 0 aliphatic heterocycles. The Morgan fingerprint density at radius 1 is 0.935 bits per heavy atom. The van der Waals surface area contributed by atoms with Crippen LogP contribution < -0.4 is 16.0 Å². The van der Waals surface area contributed by atoms with Crippen LogP contribution in [0, 0.1) is 0 Å². The largest absolute Gasteiger partial charge is 0.467 e. The lowest BCUT2D eigenvalue weighted by atomic mass is 10.1. The predicted molar refractivity (Wildman–Crippen MR) is 113 cm³/mol. The number of nitrogens with one attached hydrogen (secondary N) is 3. The highest BCUT2D eigenvalue weighted by molar-refractivity contribution is 7.89. The molecule has 0 atom stereocenters. The molecule has 0 unspecified atom stereocenters. The van der Waals surface area contributed by atoms with Gasteiger partial charge in [0, 0.05) is 6.54 Å². The predicted octanol–water partition coefficient (Wildman–Crippen LogP) is 2.00.